The number of hydrogen-bond acceptors (Lipinski definition) is 2. The van der Waals surface area contributed by atoms with Crippen molar-refractivity contribution in [3.05, 3.63) is 29.6 Å². The molecule has 1 aromatic carbocycles. The van der Waals surface area contributed by atoms with Crippen molar-refractivity contribution < 1.29 is 0 Å². The van der Waals surface area contributed by atoms with Crippen LogP contribution >= 0.6 is 11.3 Å². The number of hydrogen-bond donors (Lipinski definition) is 0. The van der Waals surface area contributed by atoms with Gasteiger partial charge in [-0.05, 0) is 42.3 Å². The van der Waals surface area contributed by atoms with Crippen molar-refractivity contribution in [1.82, 2.24) is 0 Å². The van der Waals surface area contributed by atoms with Crippen molar-refractivity contribution >= 4 is 27.1 Å². The number of nitrogens with zero attached hydrogens (tertiary/aromatic N) is 1. The SMILES string of the molecule is CC1CCN(c2cccc3sccc23)CC1. The molecule has 2 heteroatoms. The maximum atomic E-state index is 2.55. The zero-order valence-electron chi connectivity index (χ0n) is 9.65. The lowest BCUT2D eigenvalue weighted by Crippen LogP contribution is -2.32. The standard InChI is InChI=1S/C14H17NS/c1-11-5-8-15(9-6-11)13-3-2-4-14-12(13)7-10-16-14/h2-4,7,10-11H,5-6,8-9H2,1H3. The molecule has 1 aliphatic rings. The molecule has 1 nitrogen and oxygen atoms in total. The molecule has 1 fully saturated rings. The largest absolute Gasteiger partial charge is 0.371 e. The van der Waals surface area contributed by atoms with E-state index in [9.17, 15) is 0 Å². The van der Waals surface area contributed by atoms with Gasteiger partial charge in [-0.2, -0.15) is 0 Å². The van der Waals surface area contributed by atoms with Gasteiger partial charge in [0.15, 0.2) is 0 Å². The number of piperidine rings is 1. The molecule has 0 saturated carbocycles. The van der Waals surface area contributed by atoms with E-state index in [0.717, 1.165) is 5.92 Å². The first-order valence-electron chi connectivity index (χ1n) is 6.06. The van der Waals surface area contributed by atoms with Crippen LogP contribution in [0.2, 0.25) is 0 Å². The molecule has 0 unspecified atom stereocenters. The molecular formula is C14H17NS. The van der Waals surface area contributed by atoms with Gasteiger partial charge in [0.1, 0.15) is 0 Å². The topological polar surface area (TPSA) is 3.24 Å². The lowest BCUT2D eigenvalue weighted by molar-refractivity contribution is 0.439. The van der Waals surface area contributed by atoms with Crippen molar-refractivity contribution in [1.29, 1.82) is 0 Å². The predicted octanol–water partition coefficient (Wildman–Crippen LogP) is 4.14. The van der Waals surface area contributed by atoms with Crippen LogP contribution in [0.25, 0.3) is 10.1 Å². The van der Waals surface area contributed by atoms with Gasteiger partial charge in [-0.25, -0.2) is 0 Å². The molecule has 0 amide bonds. The van der Waals surface area contributed by atoms with Crippen molar-refractivity contribution in [3.63, 3.8) is 0 Å². The highest BCUT2D eigenvalue weighted by Crippen LogP contribution is 2.32. The highest BCUT2D eigenvalue weighted by molar-refractivity contribution is 7.17. The van der Waals surface area contributed by atoms with E-state index in [0.29, 0.717) is 0 Å². The van der Waals surface area contributed by atoms with Crippen LogP contribution in [0.4, 0.5) is 5.69 Å². The van der Waals surface area contributed by atoms with E-state index >= 15 is 0 Å². The fraction of sp³-hybridized carbons (Fsp3) is 0.429. The van der Waals surface area contributed by atoms with E-state index in [1.165, 1.54) is 41.7 Å². The first kappa shape index (κ1) is 10.2. The number of benzene rings is 1. The molecule has 3 rings (SSSR count). The third-order valence-corrected chi connectivity index (χ3v) is 4.48. The van der Waals surface area contributed by atoms with Gasteiger partial charge in [0, 0.05) is 28.9 Å². The summed E-state index contributed by atoms with van der Waals surface area (Å²) in [6.07, 6.45) is 2.67. The second-order valence-corrected chi connectivity index (χ2v) is 5.73. The molecule has 0 spiro atoms. The average Bonchev–Trinajstić information content (AvgIpc) is 2.78. The van der Waals surface area contributed by atoms with Crippen LogP contribution in [0.3, 0.4) is 0 Å². The second-order valence-electron chi connectivity index (χ2n) is 4.78. The molecule has 0 atom stereocenters. The third kappa shape index (κ3) is 1.71. The summed E-state index contributed by atoms with van der Waals surface area (Å²) in [6.45, 7) is 4.80. The zero-order chi connectivity index (χ0) is 11.0. The predicted molar refractivity (Wildman–Crippen MR) is 72.4 cm³/mol. The number of anilines is 1. The van der Waals surface area contributed by atoms with E-state index < -0.39 is 0 Å². The Bertz CT molecular complexity index is 480. The second kappa shape index (κ2) is 4.10. The first-order valence-corrected chi connectivity index (χ1v) is 6.94. The highest BCUT2D eigenvalue weighted by atomic mass is 32.1. The molecular weight excluding hydrogens is 214 g/mol. The lowest BCUT2D eigenvalue weighted by Gasteiger charge is -2.32. The molecule has 1 aliphatic heterocycles. The smallest absolute Gasteiger partial charge is 0.0454 e. The molecule has 2 aromatic rings. The van der Waals surface area contributed by atoms with Gasteiger partial charge in [-0.1, -0.05) is 13.0 Å². The summed E-state index contributed by atoms with van der Waals surface area (Å²) in [4.78, 5) is 2.55. The Morgan fingerprint density at radius 1 is 1.19 bits per heavy atom. The minimum atomic E-state index is 0.901. The Kier molecular flexibility index (Phi) is 2.60. The van der Waals surface area contributed by atoms with Crippen LogP contribution < -0.4 is 4.90 Å². The van der Waals surface area contributed by atoms with Crippen LogP contribution in [0.5, 0.6) is 0 Å². The summed E-state index contributed by atoms with van der Waals surface area (Å²) >= 11 is 1.84. The van der Waals surface area contributed by atoms with Crippen molar-refractivity contribution in [3.8, 4) is 0 Å². The van der Waals surface area contributed by atoms with Crippen LogP contribution in [0.15, 0.2) is 29.6 Å². The monoisotopic (exact) mass is 231 g/mol. The summed E-state index contributed by atoms with van der Waals surface area (Å²) in [5.74, 6) is 0.901. The normalized spacial score (nSPS) is 18.2. The molecule has 0 radical (unpaired) electrons. The van der Waals surface area contributed by atoms with Crippen LogP contribution in [-0.2, 0) is 0 Å². The summed E-state index contributed by atoms with van der Waals surface area (Å²) < 4.78 is 1.41. The van der Waals surface area contributed by atoms with E-state index in [2.05, 4.69) is 41.5 Å². The Hall–Kier alpha value is -1.02. The summed E-state index contributed by atoms with van der Waals surface area (Å²) in [7, 11) is 0. The minimum Gasteiger partial charge on any atom is -0.371 e. The van der Waals surface area contributed by atoms with E-state index in [1.54, 1.807) is 0 Å². The maximum absolute atomic E-state index is 2.55. The van der Waals surface area contributed by atoms with Gasteiger partial charge in [0.25, 0.3) is 0 Å². The zero-order valence-corrected chi connectivity index (χ0v) is 10.5. The molecule has 1 saturated heterocycles. The molecule has 84 valence electrons. The summed E-state index contributed by atoms with van der Waals surface area (Å²) in [6, 6.07) is 8.93. The first-order chi connectivity index (χ1) is 7.84. The fourth-order valence-electron chi connectivity index (χ4n) is 2.50. The maximum Gasteiger partial charge on any atom is 0.0454 e. The lowest BCUT2D eigenvalue weighted by atomic mass is 9.98. The van der Waals surface area contributed by atoms with Crippen molar-refractivity contribution in [2.75, 3.05) is 18.0 Å². The Morgan fingerprint density at radius 3 is 2.81 bits per heavy atom. The van der Waals surface area contributed by atoms with E-state index in [1.807, 2.05) is 11.3 Å². The number of fused-ring (bicyclic) bond motifs is 1. The van der Waals surface area contributed by atoms with Crippen LogP contribution in [0, 0.1) is 5.92 Å². The van der Waals surface area contributed by atoms with Gasteiger partial charge < -0.3 is 4.90 Å². The average molecular weight is 231 g/mol. The molecule has 0 N–H and O–H groups in total. The van der Waals surface area contributed by atoms with E-state index in [-0.39, 0.29) is 0 Å². The highest BCUT2D eigenvalue weighted by Gasteiger charge is 2.17. The Balaban J connectivity index is 1.96. The van der Waals surface area contributed by atoms with Gasteiger partial charge in [0.2, 0.25) is 0 Å². The summed E-state index contributed by atoms with van der Waals surface area (Å²) in [5.41, 5.74) is 1.44. The Labute approximate surface area is 101 Å². The van der Waals surface area contributed by atoms with Gasteiger partial charge in [-0.3, -0.25) is 0 Å². The number of thiophene rings is 1. The molecule has 0 aliphatic carbocycles. The molecule has 16 heavy (non-hydrogen) atoms. The van der Waals surface area contributed by atoms with Crippen LogP contribution in [-0.4, -0.2) is 13.1 Å². The fourth-order valence-corrected chi connectivity index (χ4v) is 3.31. The Morgan fingerprint density at radius 2 is 2.00 bits per heavy atom. The molecule has 0 bridgehead atoms. The van der Waals surface area contributed by atoms with Crippen molar-refractivity contribution in [2.45, 2.75) is 19.8 Å². The summed E-state index contributed by atoms with van der Waals surface area (Å²) in [5, 5.41) is 3.63. The van der Waals surface area contributed by atoms with E-state index in [4.69, 9.17) is 0 Å². The third-order valence-electron chi connectivity index (χ3n) is 3.60. The van der Waals surface area contributed by atoms with Gasteiger partial charge in [0.05, 0.1) is 0 Å². The van der Waals surface area contributed by atoms with Gasteiger partial charge in [-0.15, -0.1) is 11.3 Å². The van der Waals surface area contributed by atoms with Crippen molar-refractivity contribution in [2.24, 2.45) is 5.92 Å². The quantitative estimate of drug-likeness (QED) is 0.713. The molecule has 1 aromatic heterocycles. The molecule has 2 heterocycles. The van der Waals surface area contributed by atoms with Gasteiger partial charge >= 0.3 is 0 Å². The number of rotatable bonds is 1. The van der Waals surface area contributed by atoms with Crippen LogP contribution in [0.1, 0.15) is 19.8 Å². The minimum absolute atomic E-state index is 0.901.